The van der Waals surface area contributed by atoms with Crippen LogP contribution in [0.3, 0.4) is 0 Å². The summed E-state index contributed by atoms with van der Waals surface area (Å²) in [6, 6.07) is 20.1. The molecule has 0 aliphatic carbocycles. The van der Waals surface area contributed by atoms with E-state index in [1.165, 1.54) is 0 Å². The fraction of sp³-hybridized carbons (Fsp3) is 0.267. The van der Waals surface area contributed by atoms with Gasteiger partial charge in [-0.25, -0.2) is 0 Å². The zero-order valence-electron chi connectivity index (χ0n) is 21.6. The molecule has 38 heavy (non-hydrogen) atoms. The Hall–Kier alpha value is -4.46. The smallest absolute Gasteiger partial charge is 0.246 e. The fourth-order valence-corrected chi connectivity index (χ4v) is 5.90. The maximum Gasteiger partial charge on any atom is 0.246 e. The molecule has 0 radical (unpaired) electrons. The first-order valence-electron chi connectivity index (χ1n) is 12.6. The number of benzene rings is 3. The molecule has 2 atom stereocenters. The molecular formula is C30H29N3O5. The number of para-hydroxylation sites is 2. The number of fused-ring (bicyclic) bond motifs is 4. The van der Waals surface area contributed by atoms with Crippen molar-refractivity contribution in [1.82, 2.24) is 14.8 Å². The molecule has 1 N–H and O–H groups in total. The predicted molar refractivity (Wildman–Crippen MR) is 142 cm³/mol. The maximum absolute atomic E-state index is 14.0. The van der Waals surface area contributed by atoms with E-state index in [-0.39, 0.29) is 18.4 Å². The van der Waals surface area contributed by atoms with Gasteiger partial charge in [0.2, 0.25) is 11.8 Å². The van der Waals surface area contributed by atoms with E-state index in [4.69, 9.17) is 14.2 Å². The van der Waals surface area contributed by atoms with Gasteiger partial charge in [-0.1, -0.05) is 42.5 Å². The predicted octanol–water partition coefficient (Wildman–Crippen LogP) is 4.08. The number of carbonyl (C=O) groups excluding carboxylic acids is 2. The van der Waals surface area contributed by atoms with Gasteiger partial charge in [-0.3, -0.25) is 9.59 Å². The summed E-state index contributed by atoms with van der Waals surface area (Å²) >= 11 is 0. The van der Waals surface area contributed by atoms with Crippen LogP contribution in [0.15, 0.2) is 66.7 Å². The topological polar surface area (TPSA) is 84.1 Å². The van der Waals surface area contributed by atoms with E-state index < -0.39 is 12.1 Å². The number of nitrogens with one attached hydrogen (secondary N) is 1. The van der Waals surface area contributed by atoms with Crippen molar-refractivity contribution in [2.24, 2.45) is 0 Å². The molecule has 2 amide bonds. The number of nitrogens with zero attached hydrogens (tertiary/aromatic N) is 2. The number of amides is 2. The molecule has 194 valence electrons. The number of hydrogen-bond donors (Lipinski definition) is 1. The Morgan fingerprint density at radius 2 is 1.74 bits per heavy atom. The molecular weight excluding hydrogens is 482 g/mol. The lowest BCUT2D eigenvalue weighted by atomic mass is 9.85. The lowest BCUT2D eigenvalue weighted by Crippen LogP contribution is -2.62. The Labute approximate surface area is 220 Å². The van der Waals surface area contributed by atoms with Crippen molar-refractivity contribution in [3.8, 4) is 17.2 Å². The number of carbonyl (C=O) groups is 2. The summed E-state index contributed by atoms with van der Waals surface area (Å²) in [4.78, 5) is 34.8. The molecule has 2 aliphatic heterocycles. The van der Waals surface area contributed by atoms with E-state index in [0.29, 0.717) is 30.2 Å². The number of piperazine rings is 1. The highest BCUT2D eigenvalue weighted by molar-refractivity contribution is 5.97. The van der Waals surface area contributed by atoms with Crippen molar-refractivity contribution in [3.63, 3.8) is 0 Å². The minimum absolute atomic E-state index is 0.00904. The van der Waals surface area contributed by atoms with Gasteiger partial charge in [-0.2, -0.15) is 0 Å². The number of hydrogen-bond acceptors (Lipinski definition) is 5. The molecule has 6 rings (SSSR count). The molecule has 0 saturated carbocycles. The minimum atomic E-state index is -0.644. The van der Waals surface area contributed by atoms with Crippen LogP contribution in [0.2, 0.25) is 0 Å². The van der Waals surface area contributed by atoms with E-state index in [1.54, 1.807) is 31.1 Å². The monoisotopic (exact) mass is 511 g/mol. The second kappa shape index (κ2) is 9.45. The van der Waals surface area contributed by atoms with Crippen LogP contribution in [0.1, 0.15) is 28.4 Å². The van der Waals surface area contributed by atoms with E-state index >= 15 is 0 Å². The second-order valence-electron chi connectivity index (χ2n) is 9.61. The summed E-state index contributed by atoms with van der Waals surface area (Å²) in [6.07, 6.45) is 0.432. The van der Waals surface area contributed by atoms with Crippen molar-refractivity contribution in [1.29, 1.82) is 0 Å². The van der Waals surface area contributed by atoms with E-state index in [0.717, 1.165) is 33.3 Å². The summed E-state index contributed by atoms with van der Waals surface area (Å²) < 4.78 is 16.7. The molecule has 1 saturated heterocycles. The first-order chi connectivity index (χ1) is 18.5. The van der Waals surface area contributed by atoms with Gasteiger partial charge in [0, 0.05) is 35.1 Å². The Balaban J connectivity index is 1.47. The third kappa shape index (κ3) is 3.75. The molecule has 0 unspecified atom stereocenters. The van der Waals surface area contributed by atoms with Crippen LogP contribution >= 0.6 is 0 Å². The average Bonchev–Trinajstić information content (AvgIpc) is 3.32. The van der Waals surface area contributed by atoms with E-state index in [9.17, 15) is 9.59 Å². The van der Waals surface area contributed by atoms with Crippen LogP contribution < -0.4 is 14.2 Å². The van der Waals surface area contributed by atoms with Crippen LogP contribution in [-0.2, 0) is 22.6 Å². The molecule has 8 heteroatoms. The fourth-order valence-electron chi connectivity index (χ4n) is 5.90. The summed E-state index contributed by atoms with van der Waals surface area (Å²) in [5.74, 6) is 1.64. The molecule has 1 aromatic heterocycles. The van der Waals surface area contributed by atoms with Crippen LogP contribution in [0.5, 0.6) is 17.2 Å². The van der Waals surface area contributed by atoms with E-state index in [1.807, 2.05) is 60.7 Å². The molecule has 0 bridgehead atoms. The van der Waals surface area contributed by atoms with Crippen LogP contribution in [0.25, 0.3) is 10.9 Å². The molecule has 3 aromatic carbocycles. The Kier molecular flexibility index (Phi) is 5.94. The van der Waals surface area contributed by atoms with Crippen LogP contribution in [0.4, 0.5) is 0 Å². The highest BCUT2D eigenvalue weighted by atomic mass is 16.5. The molecule has 4 aromatic rings. The molecule has 8 nitrogen and oxygen atoms in total. The molecule has 3 heterocycles. The normalized spacial score (nSPS) is 18.8. The quantitative estimate of drug-likeness (QED) is 0.422. The van der Waals surface area contributed by atoms with Gasteiger partial charge >= 0.3 is 0 Å². The molecule has 2 aliphatic rings. The summed E-state index contributed by atoms with van der Waals surface area (Å²) in [5.41, 5.74) is 4.59. The zero-order chi connectivity index (χ0) is 26.4. The third-order valence-electron chi connectivity index (χ3n) is 7.58. The molecule has 0 spiro atoms. The lowest BCUT2D eigenvalue weighted by Gasteiger charge is -2.47. The second-order valence-corrected chi connectivity index (χ2v) is 9.61. The summed E-state index contributed by atoms with van der Waals surface area (Å²) in [7, 11) is 4.79. The van der Waals surface area contributed by atoms with Gasteiger partial charge in [0.25, 0.3) is 0 Å². The van der Waals surface area contributed by atoms with Gasteiger partial charge in [-0.05, 0) is 35.4 Å². The first-order valence-corrected chi connectivity index (χ1v) is 12.6. The highest BCUT2D eigenvalue weighted by Gasteiger charge is 2.49. The number of H-pyrrole nitrogens is 1. The Morgan fingerprint density at radius 3 is 2.53 bits per heavy atom. The standard InChI is InChI=1S/C30H29N3O5/c1-36-19-9-6-8-18(14-19)16-32-17-26(34)33-24(30(32)35)15-22-20-10-4-5-12-23(20)31-27(22)28(33)21-11-7-13-25(37-2)29(21)38-3/h4-14,24,28,31H,15-17H2,1-3H3/t24-,28-/m0/s1. The van der Waals surface area contributed by atoms with Crippen LogP contribution in [0, 0.1) is 0 Å². The van der Waals surface area contributed by atoms with Crippen molar-refractivity contribution >= 4 is 22.7 Å². The number of rotatable bonds is 6. The first kappa shape index (κ1) is 23.9. The zero-order valence-corrected chi connectivity index (χ0v) is 21.6. The van der Waals surface area contributed by atoms with Crippen molar-refractivity contribution in [2.45, 2.75) is 25.0 Å². The number of methoxy groups -OCH3 is 3. The van der Waals surface area contributed by atoms with Gasteiger partial charge < -0.3 is 29.0 Å². The number of ether oxygens (including phenoxy) is 3. The summed E-state index contributed by atoms with van der Waals surface area (Å²) in [6.45, 7) is 0.324. The van der Waals surface area contributed by atoms with Gasteiger partial charge in [0.05, 0.1) is 21.3 Å². The van der Waals surface area contributed by atoms with Crippen molar-refractivity contribution in [2.75, 3.05) is 27.9 Å². The lowest BCUT2D eigenvalue weighted by molar-refractivity contribution is -0.159. The largest absolute Gasteiger partial charge is 0.497 e. The summed E-state index contributed by atoms with van der Waals surface area (Å²) in [5, 5.41) is 1.05. The number of aromatic amines is 1. The van der Waals surface area contributed by atoms with Crippen molar-refractivity contribution in [3.05, 3.63) is 89.1 Å². The minimum Gasteiger partial charge on any atom is -0.497 e. The van der Waals surface area contributed by atoms with E-state index in [2.05, 4.69) is 11.1 Å². The Bertz CT molecular complexity index is 1540. The van der Waals surface area contributed by atoms with Gasteiger partial charge in [0.15, 0.2) is 11.5 Å². The third-order valence-corrected chi connectivity index (χ3v) is 7.58. The average molecular weight is 512 g/mol. The molecule has 1 fully saturated rings. The van der Waals surface area contributed by atoms with Gasteiger partial charge in [-0.15, -0.1) is 0 Å². The highest BCUT2D eigenvalue weighted by Crippen LogP contribution is 2.47. The van der Waals surface area contributed by atoms with Gasteiger partial charge in [0.1, 0.15) is 24.4 Å². The number of aromatic nitrogens is 1. The maximum atomic E-state index is 14.0. The van der Waals surface area contributed by atoms with Crippen molar-refractivity contribution < 1.29 is 23.8 Å². The SMILES string of the molecule is COc1cccc(CN2CC(=O)N3[C@@H](c4cccc(OC)c4OC)c4[nH]c5ccccc5c4C[C@H]3C2=O)c1. The van der Waals surface area contributed by atoms with Crippen LogP contribution in [-0.4, -0.2) is 60.5 Å². The Morgan fingerprint density at radius 1 is 0.921 bits per heavy atom.